The number of anilines is 1. The average molecular weight is 343 g/mol. The summed E-state index contributed by atoms with van der Waals surface area (Å²) in [5.41, 5.74) is 1.44. The number of carbonyl (C=O) groups excluding carboxylic acids is 1. The van der Waals surface area contributed by atoms with Crippen LogP contribution in [0.15, 0.2) is 48.5 Å². The van der Waals surface area contributed by atoms with E-state index in [1.54, 1.807) is 62.8 Å². The third-order valence-corrected chi connectivity index (χ3v) is 3.80. The number of carbonyl (C=O) groups is 2. The largest absolute Gasteiger partial charge is 0.497 e. The molecule has 0 aliphatic rings. The van der Waals surface area contributed by atoms with E-state index < -0.39 is 11.9 Å². The zero-order valence-electron chi connectivity index (χ0n) is 14.2. The number of methoxy groups -OCH3 is 2. The van der Waals surface area contributed by atoms with Gasteiger partial charge in [0, 0.05) is 12.1 Å². The van der Waals surface area contributed by atoms with Crippen LogP contribution in [0, 0.1) is 5.92 Å². The van der Waals surface area contributed by atoms with Crippen molar-refractivity contribution < 1.29 is 24.2 Å². The maximum atomic E-state index is 12.1. The Kier molecular flexibility index (Phi) is 6.39. The Balaban J connectivity index is 1.97. The van der Waals surface area contributed by atoms with Crippen molar-refractivity contribution in [2.75, 3.05) is 19.5 Å². The minimum Gasteiger partial charge on any atom is -0.497 e. The smallest absolute Gasteiger partial charge is 0.307 e. The number of ether oxygens (including phenoxy) is 2. The van der Waals surface area contributed by atoms with E-state index in [0.717, 1.165) is 5.56 Å². The van der Waals surface area contributed by atoms with Gasteiger partial charge < -0.3 is 19.9 Å². The van der Waals surface area contributed by atoms with E-state index in [-0.39, 0.29) is 18.7 Å². The van der Waals surface area contributed by atoms with Crippen molar-refractivity contribution in [2.45, 2.75) is 12.8 Å². The quantitative estimate of drug-likeness (QED) is 0.770. The van der Waals surface area contributed by atoms with Gasteiger partial charge in [0.05, 0.1) is 20.1 Å². The maximum absolute atomic E-state index is 12.1. The van der Waals surface area contributed by atoms with E-state index in [0.29, 0.717) is 17.2 Å². The summed E-state index contributed by atoms with van der Waals surface area (Å²) in [6.07, 6.45) is 0.169. The van der Waals surface area contributed by atoms with Crippen molar-refractivity contribution in [3.8, 4) is 11.5 Å². The van der Waals surface area contributed by atoms with Crippen molar-refractivity contribution >= 4 is 17.6 Å². The summed E-state index contributed by atoms with van der Waals surface area (Å²) < 4.78 is 10.1. The van der Waals surface area contributed by atoms with Crippen LogP contribution in [0.3, 0.4) is 0 Å². The maximum Gasteiger partial charge on any atom is 0.307 e. The summed E-state index contributed by atoms with van der Waals surface area (Å²) in [6, 6.07) is 14.0. The van der Waals surface area contributed by atoms with Gasteiger partial charge in [-0.1, -0.05) is 12.1 Å². The van der Waals surface area contributed by atoms with E-state index in [9.17, 15) is 14.7 Å². The van der Waals surface area contributed by atoms with Gasteiger partial charge in [0.2, 0.25) is 5.91 Å². The molecule has 0 radical (unpaired) electrons. The Morgan fingerprint density at radius 2 is 1.48 bits per heavy atom. The molecule has 0 aliphatic heterocycles. The minimum absolute atomic E-state index is 0.104. The molecule has 0 bridgehead atoms. The number of rotatable bonds is 8. The Morgan fingerprint density at radius 1 is 0.960 bits per heavy atom. The molecule has 0 aromatic heterocycles. The van der Waals surface area contributed by atoms with Gasteiger partial charge in [-0.25, -0.2) is 0 Å². The third kappa shape index (κ3) is 5.53. The second-order valence-electron chi connectivity index (χ2n) is 5.57. The first kappa shape index (κ1) is 18.3. The average Bonchev–Trinajstić information content (AvgIpc) is 2.62. The van der Waals surface area contributed by atoms with Gasteiger partial charge >= 0.3 is 5.97 Å². The number of amides is 1. The number of hydrogen-bond donors (Lipinski definition) is 2. The SMILES string of the molecule is COc1ccc(CC(CC(=O)Nc2ccc(OC)cc2)C(=O)O)cc1. The standard InChI is InChI=1S/C19H21NO5/c1-24-16-7-3-13(4-8-16)11-14(19(22)23)12-18(21)20-15-5-9-17(25-2)10-6-15/h3-10,14H,11-12H2,1-2H3,(H,20,21)(H,22,23). The van der Waals surface area contributed by atoms with Crippen molar-refractivity contribution in [2.24, 2.45) is 5.92 Å². The Bertz CT molecular complexity index is 710. The number of benzene rings is 2. The van der Waals surface area contributed by atoms with Crippen molar-refractivity contribution in [1.82, 2.24) is 0 Å². The molecule has 0 spiro atoms. The number of nitrogens with one attached hydrogen (secondary N) is 1. The lowest BCUT2D eigenvalue weighted by molar-refractivity contribution is -0.143. The first-order valence-corrected chi connectivity index (χ1v) is 7.81. The summed E-state index contributed by atoms with van der Waals surface area (Å²) >= 11 is 0. The monoisotopic (exact) mass is 343 g/mol. The molecule has 25 heavy (non-hydrogen) atoms. The number of hydrogen-bond acceptors (Lipinski definition) is 4. The first-order valence-electron chi connectivity index (χ1n) is 7.81. The van der Waals surface area contributed by atoms with E-state index >= 15 is 0 Å². The number of carboxylic acid groups (broad SMARTS) is 1. The summed E-state index contributed by atoms with van der Waals surface area (Å²) in [5.74, 6) is -0.757. The van der Waals surface area contributed by atoms with Gasteiger partial charge in [-0.05, 0) is 48.4 Å². The molecule has 1 atom stereocenters. The van der Waals surface area contributed by atoms with Crippen LogP contribution in [-0.4, -0.2) is 31.2 Å². The number of carboxylic acids is 1. The van der Waals surface area contributed by atoms with Gasteiger partial charge in [-0.2, -0.15) is 0 Å². The Hall–Kier alpha value is -3.02. The molecule has 2 aromatic carbocycles. The van der Waals surface area contributed by atoms with E-state index in [1.165, 1.54) is 0 Å². The molecule has 0 aliphatic carbocycles. The molecule has 0 heterocycles. The fourth-order valence-electron chi connectivity index (χ4n) is 2.40. The predicted molar refractivity (Wildman–Crippen MR) is 94.1 cm³/mol. The van der Waals surface area contributed by atoms with Crippen molar-refractivity contribution in [3.05, 3.63) is 54.1 Å². The Labute approximate surface area is 146 Å². The highest BCUT2D eigenvalue weighted by atomic mass is 16.5. The lowest BCUT2D eigenvalue weighted by Gasteiger charge is -2.13. The van der Waals surface area contributed by atoms with Crippen LogP contribution in [0.5, 0.6) is 11.5 Å². The van der Waals surface area contributed by atoms with Crippen LogP contribution in [-0.2, 0) is 16.0 Å². The molecular formula is C19H21NO5. The molecule has 1 amide bonds. The van der Waals surface area contributed by atoms with Gasteiger partial charge in [-0.3, -0.25) is 9.59 Å². The zero-order chi connectivity index (χ0) is 18.2. The van der Waals surface area contributed by atoms with Gasteiger partial charge in [0.1, 0.15) is 11.5 Å². The van der Waals surface area contributed by atoms with Crippen molar-refractivity contribution in [3.63, 3.8) is 0 Å². The molecular weight excluding hydrogens is 322 g/mol. The summed E-state index contributed by atoms with van der Waals surface area (Å²) in [7, 11) is 3.13. The third-order valence-electron chi connectivity index (χ3n) is 3.80. The predicted octanol–water partition coefficient (Wildman–Crippen LogP) is 2.98. The molecule has 2 aromatic rings. The van der Waals surface area contributed by atoms with Gasteiger partial charge in [-0.15, -0.1) is 0 Å². The highest BCUT2D eigenvalue weighted by Crippen LogP contribution is 2.19. The van der Waals surface area contributed by atoms with E-state index in [2.05, 4.69) is 5.32 Å². The normalized spacial score (nSPS) is 11.4. The van der Waals surface area contributed by atoms with Crippen molar-refractivity contribution in [1.29, 1.82) is 0 Å². The number of aliphatic carboxylic acids is 1. The molecule has 0 saturated carbocycles. The molecule has 2 N–H and O–H groups in total. The van der Waals surface area contributed by atoms with Crippen LogP contribution in [0.2, 0.25) is 0 Å². The van der Waals surface area contributed by atoms with E-state index in [4.69, 9.17) is 9.47 Å². The highest BCUT2D eigenvalue weighted by molar-refractivity contribution is 5.93. The van der Waals surface area contributed by atoms with Crippen LogP contribution >= 0.6 is 0 Å². The molecule has 2 rings (SSSR count). The topological polar surface area (TPSA) is 84.9 Å². The molecule has 132 valence electrons. The lowest BCUT2D eigenvalue weighted by Crippen LogP contribution is -2.24. The van der Waals surface area contributed by atoms with Crippen LogP contribution < -0.4 is 14.8 Å². The van der Waals surface area contributed by atoms with Crippen LogP contribution in [0.25, 0.3) is 0 Å². The second kappa shape index (κ2) is 8.73. The molecule has 0 saturated heterocycles. The molecule has 1 unspecified atom stereocenters. The Morgan fingerprint density at radius 3 is 1.96 bits per heavy atom. The first-order chi connectivity index (χ1) is 12.0. The highest BCUT2D eigenvalue weighted by Gasteiger charge is 2.22. The lowest BCUT2D eigenvalue weighted by atomic mass is 9.96. The van der Waals surface area contributed by atoms with E-state index in [1.807, 2.05) is 0 Å². The molecule has 0 fully saturated rings. The minimum atomic E-state index is -0.999. The van der Waals surface area contributed by atoms with Crippen LogP contribution in [0.1, 0.15) is 12.0 Å². The summed E-state index contributed by atoms with van der Waals surface area (Å²) in [5, 5.41) is 12.1. The van der Waals surface area contributed by atoms with Gasteiger partial charge in [0.15, 0.2) is 0 Å². The molecule has 6 heteroatoms. The fraction of sp³-hybridized carbons (Fsp3) is 0.263. The summed E-state index contributed by atoms with van der Waals surface area (Å²) in [4.78, 5) is 23.6. The zero-order valence-corrected chi connectivity index (χ0v) is 14.2. The molecule has 6 nitrogen and oxygen atoms in total. The second-order valence-corrected chi connectivity index (χ2v) is 5.57. The summed E-state index contributed by atoms with van der Waals surface area (Å²) in [6.45, 7) is 0. The van der Waals surface area contributed by atoms with Crippen LogP contribution in [0.4, 0.5) is 5.69 Å². The van der Waals surface area contributed by atoms with Gasteiger partial charge in [0.25, 0.3) is 0 Å². The fourth-order valence-corrected chi connectivity index (χ4v) is 2.40.